The van der Waals surface area contributed by atoms with Gasteiger partial charge in [-0.15, -0.1) is 11.3 Å². The van der Waals surface area contributed by atoms with Crippen molar-refractivity contribution >= 4 is 46.3 Å². The third kappa shape index (κ3) is 5.39. The Labute approximate surface area is 141 Å². The molecular weight excluding hydrogens is 338 g/mol. The highest BCUT2D eigenvalue weighted by molar-refractivity contribution is 7.12. The lowest BCUT2D eigenvalue weighted by Gasteiger charge is -2.08. The van der Waals surface area contributed by atoms with Crippen molar-refractivity contribution in [2.45, 2.75) is 0 Å². The molecule has 0 unspecified atom stereocenters. The highest BCUT2D eigenvalue weighted by atomic mass is 35.5. The van der Waals surface area contributed by atoms with E-state index in [4.69, 9.17) is 11.6 Å². The summed E-state index contributed by atoms with van der Waals surface area (Å²) in [5.41, 5.74) is 0.472. The van der Waals surface area contributed by atoms with E-state index in [9.17, 15) is 14.4 Å². The molecule has 0 aliphatic rings. The molecule has 0 fully saturated rings. The van der Waals surface area contributed by atoms with Gasteiger partial charge in [0.2, 0.25) is 11.8 Å². The van der Waals surface area contributed by atoms with E-state index in [2.05, 4.69) is 16.0 Å². The normalized spacial score (nSPS) is 9.96. The SMILES string of the molecule is O=C(CNC(=O)c1cccs1)NCC(=O)Nc1ccccc1Cl. The number of para-hydroxylation sites is 1. The molecule has 1 heterocycles. The van der Waals surface area contributed by atoms with Gasteiger partial charge in [-0.2, -0.15) is 0 Å². The van der Waals surface area contributed by atoms with Gasteiger partial charge in [0.15, 0.2) is 0 Å². The quantitative estimate of drug-likeness (QED) is 0.742. The van der Waals surface area contributed by atoms with Crippen LogP contribution in [0.15, 0.2) is 41.8 Å². The molecule has 3 N–H and O–H groups in total. The first-order chi connectivity index (χ1) is 11.1. The summed E-state index contributed by atoms with van der Waals surface area (Å²) in [5, 5.41) is 9.66. The summed E-state index contributed by atoms with van der Waals surface area (Å²) in [7, 11) is 0. The summed E-state index contributed by atoms with van der Waals surface area (Å²) in [6.45, 7) is -0.408. The highest BCUT2D eigenvalue weighted by Gasteiger charge is 2.10. The van der Waals surface area contributed by atoms with E-state index in [1.807, 2.05) is 0 Å². The summed E-state index contributed by atoms with van der Waals surface area (Å²) in [6, 6.07) is 10.2. The molecule has 0 saturated carbocycles. The van der Waals surface area contributed by atoms with E-state index in [0.717, 1.165) is 0 Å². The van der Waals surface area contributed by atoms with E-state index in [1.54, 1.807) is 41.8 Å². The Balaban J connectivity index is 1.71. The third-order valence-electron chi connectivity index (χ3n) is 2.75. The van der Waals surface area contributed by atoms with E-state index < -0.39 is 11.8 Å². The molecule has 0 bridgehead atoms. The van der Waals surface area contributed by atoms with Gasteiger partial charge in [-0.05, 0) is 23.6 Å². The van der Waals surface area contributed by atoms with Gasteiger partial charge in [0.05, 0.1) is 28.7 Å². The maximum Gasteiger partial charge on any atom is 0.261 e. The third-order valence-corrected chi connectivity index (χ3v) is 3.95. The van der Waals surface area contributed by atoms with Crippen LogP contribution in [0.5, 0.6) is 0 Å². The monoisotopic (exact) mass is 351 g/mol. The van der Waals surface area contributed by atoms with Gasteiger partial charge >= 0.3 is 0 Å². The Morgan fingerprint density at radius 2 is 1.70 bits per heavy atom. The molecule has 23 heavy (non-hydrogen) atoms. The average Bonchev–Trinajstić information content (AvgIpc) is 3.07. The van der Waals surface area contributed by atoms with Crippen LogP contribution in [-0.2, 0) is 9.59 Å². The fourth-order valence-corrected chi connectivity index (χ4v) is 2.48. The van der Waals surface area contributed by atoms with Gasteiger partial charge in [-0.1, -0.05) is 29.8 Å². The predicted octanol–water partition coefficient (Wildman–Crippen LogP) is 1.89. The number of thiophene rings is 1. The average molecular weight is 352 g/mol. The summed E-state index contributed by atoms with van der Waals surface area (Å²) < 4.78 is 0. The fourth-order valence-electron chi connectivity index (χ4n) is 1.65. The van der Waals surface area contributed by atoms with Crippen molar-refractivity contribution in [3.8, 4) is 0 Å². The molecule has 1 aromatic carbocycles. The summed E-state index contributed by atoms with van der Waals surface area (Å²) in [5.74, 6) is -1.18. The van der Waals surface area contributed by atoms with Crippen molar-refractivity contribution < 1.29 is 14.4 Å². The Morgan fingerprint density at radius 3 is 2.39 bits per heavy atom. The Bertz CT molecular complexity index is 704. The van der Waals surface area contributed by atoms with Crippen LogP contribution in [0.1, 0.15) is 9.67 Å². The molecule has 2 rings (SSSR count). The molecule has 120 valence electrons. The number of anilines is 1. The number of hydrogen-bond donors (Lipinski definition) is 3. The van der Waals surface area contributed by atoms with Gasteiger partial charge in [0.25, 0.3) is 5.91 Å². The van der Waals surface area contributed by atoms with Crippen molar-refractivity contribution in [1.82, 2.24) is 10.6 Å². The number of carbonyl (C=O) groups is 3. The number of carbonyl (C=O) groups excluding carboxylic acids is 3. The molecule has 0 aliphatic carbocycles. The largest absolute Gasteiger partial charge is 0.345 e. The van der Waals surface area contributed by atoms with Crippen molar-refractivity contribution in [2.24, 2.45) is 0 Å². The second-order valence-corrected chi connectivity index (χ2v) is 5.82. The fraction of sp³-hybridized carbons (Fsp3) is 0.133. The zero-order chi connectivity index (χ0) is 16.7. The van der Waals surface area contributed by atoms with Crippen LogP contribution in [0.25, 0.3) is 0 Å². The topological polar surface area (TPSA) is 87.3 Å². The van der Waals surface area contributed by atoms with Crippen LogP contribution in [0.4, 0.5) is 5.69 Å². The minimum atomic E-state index is -0.454. The van der Waals surface area contributed by atoms with E-state index >= 15 is 0 Å². The molecular formula is C15H14ClN3O3S. The molecule has 0 saturated heterocycles. The molecule has 0 atom stereocenters. The summed E-state index contributed by atoms with van der Waals surface area (Å²) in [4.78, 5) is 35.5. The minimum Gasteiger partial charge on any atom is -0.345 e. The van der Waals surface area contributed by atoms with Crippen LogP contribution < -0.4 is 16.0 Å². The maximum atomic E-state index is 11.7. The molecule has 3 amide bonds. The molecule has 0 aliphatic heterocycles. The summed E-state index contributed by atoms with van der Waals surface area (Å²) >= 11 is 7.20. The molecule has 0 spiro atoms. The molecule has 0 radical (unpaired) electrons. The smallest absolute Gasteiger partial charge is 0.261 e. The van der Waals surface area contributed by atoms with Crippen molar-refractivity contribution in [1.29, 1.82) is 0 Å². The van der Waals surface area contributed by atoms with Crippen LogP contribution in [0.3, 0.4) is 0 Å². The lowest BCUT2D eigenvalue weighted by molar-refractivity contribution is -0.123. The maximum absolute atomic E-state index is 11.7. The second kappa shape index (κ2) is 8.30. The Hall–Kier alpha value is -2.38. The van der Waals surface area contributed by atoms with E-state index in [-0.39, 0.29) is 19.0 Å². The van der Waals surface area contributed by atoms with Crippen molar-refractivity contribution in [2.75, 3.05) is 18.4 Å². The van der Waals surface area contributed by atoms with Crippen molar-refractivity contribution in [3.63, 3.8) is 0 Å². The van der Waals surface area contributed by atoms with Crippen LogP contribution in [0.2, 0.25) is 5.02 Å². The summed E-state index contributed by atoms with van der Waals surface area (Å²) in [6.07, 6.45) is 0. The Kier molecular flexibility index (Phi) is 6.13. The van der Waals surface area contributed by atoms with Crippen LogP contribution >= 0.6 is 22.9 Å². The molecule has 1 aromatic heterocycles. The minimum absolute atomic E-state index is 0.198. The number of rotatable bonds is 6. The molecule has 6 nitrogen and oxygen atoms in total. The first kappa shape index (κ1) is 17.0. The van der Waals surface area contributed by atoms with Crippen LogP contribution in [0, 0.1) is 0 Å². The lowest BCUT2D eigenvalue weighted by Crippen LogP contribution is -2.40. The standard InChI is InChI=1S/C15H14ClN3O3S/c16-10-4-1-2-5-11(10)19-14(21)9-17-13(20)8-18-15(22)12-6-3-7-23-12/h1-7H,8-9H2,(H,17,20)(H,18,22)(H,19,21). The number of benzene rings is 1. The predicted molar refractivity (Wildman–Crippen MR) is 89.7 cm³/mol. The zero-order valence-corrected chi connectivity index (χ0v) is 13.5. The van der Waals surface area contributed by atoms with Gasteiger partial charge < -0.3 is 16.0 Å². The second-order valence-electron chi connectivity index (χ2n) is 4.46. The van der Waals surface area contributed by atoms with Crippen LogP contribution in [-0.4, -0.2) is 30.8 Å². The number of halogens is 1. The van der Waals surface area contributed by atoms with Gasteiger partial charge in [0.1, 0.15) is 0 Å². The number of nitrogens with one attached hydrogen (secondary N) is 3. The van der Waals surface area contributed by atoms with Gasteiger partial charge in [-0.3, -0.25) is 14.4 Å². The van der Waals surface area contributed by atoms with Gasteiger partial charge in [-0.25, -0.2) is 0 Å². The lowest BCUT2D eigenvalue weighted by atomic mass is 10.3. The van der Waals surface area contributed by atoms with Crippen molar-refractivity contribution in [3.05, 3.63) is 51.7 Å². The van der Waals surface area contributed by atoms with E-state index in [0.29, 0.717) is 15.6 Å². The van der Waals surface area contributed by atoms with Gasteiger partial charge in [0, 0.05) is 0 Å². The number of amides is 3. The molecule has 8 heteroatoms. The zero-order valence-electron chi connectivity index (χ0n) is 12.0. The Morgan fingerprint density at radius 1 is 0.957 bits per heavy atom. The number of hydrogen-bond acceptors (Lipinski definition) is 4. The highest BCUT2D eigenvalue weighted by Crippen LogP contribution is 2.19. The van der Waals surface area contributed by atoms with E-state index in [1.165, 1.54) is 11.3 Å². The first-order valence-electron chi connectivity index (χ1n) is 6.69. The molecule has 2 aromatic rings. The first-order valence-corrected chi connectivity index (χ1v) is 7.95.